The highest BCUT2D eigenvalue weighted by Gasteiger charge is 2.28. The van der Waals surface area contributed by atoms with Crippen molar-refractivity contribution in [1.82, 2.24) is 24.5 Å². The SMILES string of the molecule is Cc1n[nH]c(C)c1-c1cnc(CC2CCN(S(C)(=O)=O)C2)cn1. The number of hydrogen-bond acceptors (Lipinski definition) is 5. The number of H-pyrrole nitrogens is 1. The number of aromatic amines is 1. The molecule has 8 heteroatoms. The van der Waals surface area contributed by atoms with Crippen LogP contribution in [0.3, 0.4) is 0 Å². The summed E-state index contributed by atoms with van der Waals surface area (Å²) in [6, 6.07) is 0. The van der Waals surface area contributed by atoms with Crippen LogP contribution in [0.2, 0.25) is 0 Å². The number of nitrogens with one attached hydrogen (secondary N) is 1. The number of hydrogen-bond donors (Lipinski definition) is 1. The van der Waals surface area contributed by atoms with Crippen molar-refractivity contribution in [3.05, 3.63) is 29.5 Å². The van der Waals surface area contributed by atoms with Gasteiger partial charge in [0.15, 0.2) is 0 Å². The molecule has 1 saturated heterocycles. The van der Waals surface area contributed by atoms with E-state index in [2.05, 4.69) is 20.2 Å². The Balaban J connectivity index is 1.69. The Morgan fingerprint density at radius 2 is 2.09 bits per heavy atom. The molecular formula is C15H21N5O2S. The molecule has 1 atom stereocenters. The lowest BCUT2D eigenvalue weighted by molar-refractivity contribution is 0.459. The van der Waals surface area contributed by atoms with E-state index in [1.165, 1.54) is 10.6 Å². The standard InChI is InChI=1S/C15H21N5O2S/c1-10-15(11(2)19-18-10)14-8-16-13(7-17-14)6-12-4-5-20(9-12)23(3,21)22/h7-8,12H,4-6,9H2,1-3H3,(H,18,19). The maximum Gasteiger partial charge on any atom is 0.211 e. The van der Waals surface area contributed by atoms with Gasteiger partial charge >= 0.3 is 0 Å². The van der Waals surface area contributed by atoms with Crippen LogP contribution in [0, 0.1) is 19.8 Å². The van der Waals surface area contributed by atoms with Gasteiger partial charge in [0.25, 0.3) is 0 Å². The Bertz CT molecular complexity index is 778. The zero-order valence-corrected chi connectivity index (χ0v) is 14.4. The van der Waals surface area contributed by atoms with Crippen LogP contribution in [-0.2, 0) is 16.4 Å². The maximum atomic E-state index is 11.6. The molecule has 1 N–H and O–H groups in total. The minimum Gasteiger partial charge on any atom is -0.282 e. The van der Waals surface area contributed by atoms with E-state index in [1.807, 2.05) is 13.8 Å². The van der Waals surface area contributed by atoms with Crippen LogP contribution in [0.4, 0.5) is 0 Å². The fourth-order valence-corrected chi connectivity index (χ4v) is 4.00. The monoisotopic (exact) mass is 335 g/mol. The first kappa shape index (κ1) is 16.1. The molecule has 0 radical (unpaired) electrons. The van der Waals surface area contributed by atoms with E-state index in [-0.39, 0.29) is 0 Å². The highest BCUT2D eigenvalue weighted by molar-refractivity contribution is 7.88. The van der Waals surface area contributed by atoms with Crippen molar-refractivity contribution in [2.24, 2.45) is 5.92 Å². The van der Waals surface area contributed by atoms with Crippen molar-refractivity contribution in [3.63, 3.8) is 0 Å². The molecule has 1 aliphatic heterocycles. The summed E-state index contributed by atoms with van der Waals surface area (Å²) in [6.07, 6.45) is 6.44. The molecule has 124 valence electrons. The number of aryl methyl sites for hydroxylation is 2. The zero-order chi connectivity index (χ0) is 16.6. The molecule has 3 heterocycles. The highest BCUT2D eigenvalue weighted by atomic mass is 32.2. The van der Waals surface area contributed by atoms with Gasteiger partial charge in [0.2, 0.25) is 10.0 Å². The number of sulfonamides is 1. The molecule has 3 rings (SSSR count). The van der Waals surface area contributed by atoms with Crippen LogP contribution in [0.15, 0.2) is 12.4 Å². The van der Waals surface area contributed by atoms with Crippen LogP contribution in [0.1, 0.15) is 23.5 Å². The number of nitrogens with zero attached hydrogens (tertiary/aromatic N) is 4. The van der Waals surface area contributed by atoms with Gasteiger partial charge in [0.05, 0.1) is 29.5 Å². The summed E-state index contributed by atoms with van der Waals surface area (Å²) < 4.78 is 24.7. The summed E-state index contributed by atoms with van der Waals surface area (Å²) in [5.41, 5.74) is 4.58. The summed E-state index contributed by atoms with van der Waals surface area (Å²) in [4.78, 5) is 8.99. The molecule has 1 aliphatic rings. The number of aromatic nitrogens is 4. The van der Waals surface area contributed by atoms with E-state index in [1.54, 1.807) is 12.4 Å². The average Bonchev–Trinajstić information content (AvgIpc) is 3.07. The van der Waals surface area contributed by atoms with Crippen molar-refractivity contribution >= 4 is 10.0 Å². The first-order valence-electron chi connectivity index (χ1n) is 7.62. The van der Waals surface area contributed by atoms with Gasteiger partial charge < -0.3 is 0 Å². The van der Waals surface area contributed by atoms with Gasteiger partial charge in [-0.25, -0.2) is 12.7 Å². The first-order valence-corrected chi connectivity index (χ1v) is 9.47. The average molecular weight is 335 g/mol. The lowest BCUT2D eigenvalue weighted by Gasteiger charge is -2.13. The predicted octanol–water partition coefficient (Wildman–Crippen LogP) is 1.31. The fraction of sp³-hybridized carbons (Fsp3) is 0.533. The summed E-state index contributed by atoms with van der Waals surface area (Å²) in [7, 11) is -3.09. The van der Waals surface area contributed by atoms with E-state index in [9.17, 15) is 8.42 Å². The molecule has 23 heavy (non-hydrogen) atoms. The molecule has 2 aromatic heterocycles. The molecule has 0 bridgehead atoms. The van der Waals surface area contributed by atoms with Crippen molar-refractivity contribution < 1.29 is 8.42 Å². The van der Waals surface area contributed by atoms with Crippen LogP contribution < -0.4 is 0 Å². The maximum absolute atomic E-state index is 11.6. The predicted molar refractivity (Wildman–Crippen MR) is 87.3 cm³/mol. The van der Waals surface area contributed by atoms with E-state index in [0.29, 0.717) is 19.0 Å². The van der Waals surface area contributed by atoms with Crippen molar-refractivity contribution in [1.29, 1.82) is 0 Å². The van der Waals surface area contributed by atoms with Gasteiger partial charge in [-0.1, -0.05) is 0 Å². The van der Waals surface area contributed by atoms with E-state index in [0.717, 1.165) is 41.2 Å². The van der Waals surface area contributed by atoms with Gasteiger partial charge in [-0.15, -0.1) is 0 Å². The second kappa shape index (κ2) is 6.01. The molecule has 1 fully saturated rings. The molecular weight excluding hydrogens is 314 g/mol. The van der Waals surface area contributed by atoms with E-state index < -0.39 is 10.0 Å². The largest absolute Gasteiger partial charge is 0.282 e. The van der Waals surface area contributed by atoms with Crippen molar-refractivity contribution in [2.45, 2.75) is 26.7 Å². The smallest absolute Gasteiger partial charge is 0.211 e. The van der Waals surface area contributed by atoms with E-state index >= 15 is 0 Å². The van der Waals surface area contributed by atoms with Gasteiger partial charge in [0, 0.05) is 30.5 Å². The Hall–Kier alpha value is -1.80. The first-order chi connectivity index (χ1) is 10.8. The van der Waals surface area contributed by atoms with Crippen LogP contribution in [0.5, 0.6) is 0 Å². The summed E-state index contributed by atoms with van der Waals surface area (Å²) in [5, 5.41) is 7.12. The minimum absolute atomic E-state index is 0.308. The minimum atomic E-state index is -3.09. The Labute approximate surface area is 136 Å². The number of rotatable bonds is 4. The van der Waals surface area contributed by atoms with Gasteiger partial charge in [-0.3, -0.25) is 15.1 Å². The Morgan fingerprint density at radius 1 is 1.30 bits per heavy atom. The third kappa shape index (κ3) is 3.42. The molecule has 0 saturated carbocycles. The molecule has 1 unspecified atom stereocenters. The molecule has 0 aromatic carbocycles. The second-order valence-electron chi connectivity index (χ2n) is 6.18. The molecule has 7 nitrogen and oxygen atoms in total. The highest BCUT2D eigenvalue weighted by Crippen LogP contribution is 2.24. The van der Waals surface area contributed by atoms with Crippen LogP contribution in [0.25, 0.3) is 11.3 Å². The summed E-state index contributed by atoms with van der Waals surface area (Å²) >= 11 is 0. The molecule has 0 spiro atoms. The quantitative estimate of drug-likeness (QED) is 0.909. The molecule has 0 aliphatic carbocycles. The summed E-state index contributed by atoms with van der Waals surface area (Å²) in [6.45, 7) is 5.07. The van der Waals surface area contributed by atoms with Crippen LogP contribution in [-0.4, -0.2) is 52.2 Å². The van der Waals surface area contributed by atoms with Gasteiger partial charge in [0.1, 0.15) is 0 Å². The topological polar surface area (TPSA) is 91.8 Å². The van der Waals surface area contributed by atoms with Gasteiger partial charge in [-0.05, 0) is 32.6 Å². The van der Waals surface area contributed by atoms with E-state index in [4.69, 9.17) is 0 Å². The Kier molecular flexibility index (Phi) is 4.20. The normalized spacial score (nSPS) is 19.3. The van der Waals surface area contributed by atoms with Crippen molar-refractivity contribution in [2.75, 3.05) is 19.3 Å². The third-order valence-corrected chi connectivity index (χ3v) is 5.57. The van der Waals surface area contributed by atoms with Gasteiger partial charge in [-0.2, -0.15) is 5.10 Å². The Morgan fingerprint density at radius 3 is 2.61 bits per heavy atom. The van der Waals surface area contributed by atoms with Crippen molar-refractivity contribution in [3.8, 4) is 11.3 Å². The second-order valence-corrected chi connectivity index (χ2v) is 8.16. The van der Waals surface area contributed by atoms with Crippen LogP contribution >= 0.6 is 0 Å². The third-order valence-electron chi connectivity index (χ3n) is 4.30. The molecule has 0 amide bonds. The molecule has 2 aromatic rings. The zero-order valence-electron chi connectivity index (χ0n) is 13.6. The fourth-order valence-electron chi connectivity index (χ4n) is 3.08. The lowest BCUT2D eigenvalue weighted by Crippen LogP contribution is -2.27. The lowest BCUT2D eigenvalue weighted by atomic mass is 10.0. The summed E-state index contributed by atoms with van der Waals surface area (Å²) in [5.74, 6) is 0.308.